The van der Waals surface area contributed by atoms with E-state index in [1.165, 1.54) is 96.3 Å². The zero-order chi connectivity index (χ0) is 42.8. The van der Waals surface area contributed by atoms with Crippen molar-refractivity contribution in [3.05, 3.63) is 48.6 Å². The number of hydrogen-bond donors (Lipinski definition) is 0. The Kier molecular flexibility index (Phi) is 39.1. The minimum absolute atomic E-state index is 0.0405. The first-order chi connectivity index (χ1) is 28.1. The molecule has 2 atom stereocenters. The van der Waals surface area contributed by atoms with E-state index >= 15 is 0 Å². The maximum Gasteiger partial charge on any atom is 0.306 e. The van der Waals surface area contributed by atoms with Crippen LogP contribution in [0.5, 0.6) is 0 Å². The van der Waals surface area contributed by atoms with E-state index in [2.05, 4.69) is 62.5 Å². The molecule has 0 aliphatic heterocycles. The SMILES string of the molecule is CC/C=C/C/C=C/C/C=C/C/C=C/CCCCCCCCCCCC(=O)OCC(COCCC(C(=O)[O-])[N+](C)(C)C)OC(=O)CCCCCCCCCCCCCC. The molecular formula is C50H89NO7. The van der Waals surface area contributed by atoms with Crippen molar-refractivity contribution in [1.29, 1.82) is 0 Å². The van der Waals surface area contributed by atoms with Gasteiger partial charge in [0, 0.05) is 19.3 Å². The summed E-state index contributed by atoms with van der Waals surface area (Å²) in [7, 11) is 5.41. The summed E-state index contributed by atoms with van der Waals surface area (Å²) in [6, 6.07) is -0.725. The molecule has 0 spiro atoms. The Morgan fingerprint density at radius 1 is 0.534 bits per heavy atom. The monoisotopic (exact) mass is 816 g/mol. The van der Waals surface area contributed by atoms with E-state index < -0.39 is 18.1 Å². The average molecular weight is 816 g/mol. The van der Waals surface area contributed by atoms with Crippen LogP contribution in [0.3, 0.4) is 0 Å². The summed E-state index contributed by atoms with van der Waals surface area (Å²) in [5.41, 5.74) is 0. The third-order valence-corrected chi connectivity index (χ3v) is 10.5. The first-order valence-corrected chi connectivity index (χ1v) is 23.7. The lowest BCUT2D eigenvalue weighted by molar-refractivity contribution is -0.889. The van der Waals surface area contributed by atoms with Gasteiger partial charge in [-0.15, -0.1) is 0 Å². The largest absolute Gasteiger partial charge is 0.544 e. The number of nitrogens with zero attached hydrogens (tertiary/aromatic N) is 1. The van der Waals surface area contributed by atoms with Crippen molar-refractivity contribution in [1.82, 2.24) is 0 Å². The maximum absolute atomic E-state index is 12.7. The Bertz CT molecular complexity index is 1090. The van der Waals surface area contributed by atoms with Crippen LogP contribution in [-0.4, -0.2) is 75.5 Å². The van der Waals surface area contributed by atoms with Crippen LogP contribution in [0.2, 0.25) is 0 Å². The fourth-order valence-corrected chi connectivity index (χ4v) is 6.83. The third-order valence-electron chi connectivity index (χ3n) is 10.5. The van der Waals surface area contributed by atoms with Crippen LogP contribution < -0.4 is 5.11 Å². The predicted molar refractivity (Wildman–Crippen MR) is 240 cm³/mol. The Morgan fingerprint density at radius 2 is 0.966 bits per heavy atom. The quantitative estimate of drug-likeness (QED) is 0.0262. The predicted octanol–water partition coefficient (Wildman–Crippen LogP) is 11.9. The second kappa shape index (κ2) is 41.0. The standard InChI is InChI=1S/C50H89NO7/c1-6-8-10-12-14-16-18-20-21-22-23-24-25-26-27-28-29-31-32-34-36-38-40-48(52)57-45-46(44-56-43-42-47(50(54)55)51(3,4)5)58-49(53)41-39-37-35-33-30-19-17-15-13-11-9-7-2/h8,10,14,16,20-21,23-24,46-47H,6-7,9,11-13,15,17-19,22,25-45H2,1-5H3/b10-8+,16-14+,21-20+,24-23+. The van der Waals surface area contributed by atoms with Crippen LogP contribution in [0.25, 0.3) is 0 Å². The molecule has 0 N–H and O–H groups in total. The molecule has 0 aromatic heterocycles. The number of hydrogen-bond acceptors (Lipinski definition) is 7. The second-order valence-corrected chi connectivity index (χ2v) is 17.0. The number of rotatable bonds is 42. The van der Waals surface area contributed by atoms with Crippen molar-refractivity contribution in [2.24, 2.45) is 0 Å². The summed E-state index contributed by atoms with van der Waals surface area (Å²) in [5, 5.41) is 11.6. The molecule has 0 heterocycles. The number of ether oxygens (including phenoxy) is 3. The molecule has 0 bridgehead atoms. The summed E-state index contributed by atoms with van der Waals surface area (Å²) in [6.45, 7) is 4.55. The van der Waals surface area contributed by atoms with E-state index in [1.807, 2.05) is 0 Å². The number of carbonyl (C=O) groups is 3. The van der Waals surface area contributed by atoms with E-state index in [9.17, 15) is 19.5 Å². The van der Waals surface area contributed by atoms with Crippen LogP contribution in [0.15, 0.2) is 48.6 Å². The van der Waals surface area contributed by atoms with Gasteiger partial charge < -0.3 is 28.6 Å². The average Bonchev–Trinajstić information content (AvgIpc) is 3.18. The molecule has 2 unspecified atom stereocenters. The lowest BCUT2D eigenvalue weighted by atomic mass is 10.0. The number of likely N-dealkylation sites (N-methyl/N-ethyl adjacent to an activating group) is 1. The number of quaternary nitrogens is 1. The van der Waals surface area contributed by atoms with Crippen molar-refractivity contribution < 1.29 is 38.2 Å². The van der Waals surface area contributed by atoms with E-state index in [0.717, 1.165) is 70.6 Å². The lowest BCUT2D eigenvalue weighted by Crippen LogP contribution is -2.55. The van der Waals surface area contributed by atoms with Gasteiger partial charge in [0.1, 0.15) is 12.6 Å². The van der Waals surface area contributed by atoms with E-state index in [1.54, 1.807) is 21.1 Å². The maximum atomic E-state index is 12.7. The van der Waals surface area contributed by atoms with Gasteiger partial charge in [0.15, 0.2) is 6.10 Å². The number of aliphatic carboxylic acids is 1. The Hall–Kier alpha value is -2.71. The number of carboxylic acid groups (broad SMARTS) is 1. The molecule has 0 amide bonds. The van der Waals surface area contributed by atoms with Gasteiger partial charge in [-0.1, -0.05) is 178 Å². The third kappa shape index (κ3) is 38.8. The number of esters is 2. The molecule has 0 fully saturated rings. The fourth-order valence-electron chi connectivity index (χ4n) is 6.83. The van der Waals surface area contributed by atoms with Crippen LogP contribution in [0, 0.1) is 0 Å². The van der Waals surface area contributed by atoms with Gasteiger partial charge in [0.05, 0.1) is 40.3 Å². The van der Waals surface area contributed by atoms with Crippen LogP contribution in [0.4, 0.5) is 0 Å². The van der Waals surface area contributed by atoms with Gasteiger partial charge in [0.2, 0.25) is 0 Å². The molecule has 8 heteroatoms. The summed E-state index contributed by atoms with van der Waals surface area (Å²) >= 11 is 0. The summed E-state index contributed by atoms with van der Waals surface area (Å²) < 4.78 is 17.2. The zero-order valence-electron chi connectivity index (χ0n) is 38.2. The molecule has 8 nitrogen and oxygen atoms in total. The number of carboxylic acids is 1. The molecule has 336 valence electrons. The highest BCUT2D eigenvalue weighted by molar-refractivity contribution is 5.70. The topological polar surface area (TPSA) is 102 Å². The van der Waals surface area contributed by atoms with Crippen molar-refractivity contribution >= 4 is 17.9 Å². The molecular weight excluding hydrogens is 727 g/mol. The smallest absolute Gasteiger partial charge is 0.306 e. The lowest BCUT2D eigenvalue weighted by Gasteiger charge is -2.34. The molecule has 0 saturated heterocycles. The highest BCUT2D eigenvalue weighted by Crippen LogP contribution is 2.15. The number of carbonyl (C=O) groups excluding carboxylic acids is 3. The molecule has 0 saturated carbocycles. The molecule has 0 aliphatic carbocycles. The minimum atomic E-state index is -1.13. The second-order valence-electron chi connectivity index (χ2n) is 17.0. The van der Waals surface area contributed by atoms with Gasteiger partial charge in [-0.2, -0.15) is 0 Å². The Labute approximate surface area is 356 Å². The van der Waals surface area contributed by atoms with E-state index in [-0.39, 0.29) is 42.7 Å². The first-order valence-electron chi connectivity index (χ1n) is 23.7. The van der Waals surface area contributed by atoms with Gasteiger partial charge in [-0.05, 0) is 51.4 Å². The van der Waals surface area contributed by atoms with E-state index in [0.29, 0.717) is 12.8 Å². The van der Waals surface area contributed by atoms with Crippen LogP contribution >= 0.6 is 0 Å². The molecule has 0 radical (unpaired) electrons. The van der Waals surface area contributed by atoms with Crippen molar-refractivity contribution in [3.8, 4) is 0 Å². The van der Waals surface area contributed by atoms with Gasteiger partial charge in [0.25, 0.3) is 0 Å². The summed E-state index contributed by atoms with van der Waals surface area (Å²) in [4.78, 5) is 36.9. The highest BCUT2D eigenvalue weighted by Gasteiger charge is 2.25. The normalized spacial score (nSPS) is 13.3. The molecule has 0 aromatic carbocycles. The van der Waals surface area contributed by atoms with Crippen molar-refractivity contribution in [2.75, 3.05) is 41.0 Å². The number of allylic oxidation sites excluding steroid dienone is 8. The van der Waals surface area contributed by atoms with Crippen molar-refractivity contribution in [2.45, 2.75) is 212 Å². The summed E-state index contributed by atoms with van der Waals surface area (Å²) in [6.07, 6.45) is 48.5. The number of unbranched alkanes of at least 4 members (excludes halogenated alkanes) is 20. The molecule has 58 heavy (non-hydrogen) atoms. The van der Waals surface area contributed by atoms with Crippen LogP contribution in [-0.2, 0) is 28.6 Å². The van der Waals surface area contributed by atoms with Gasteiger partial charge >= 0.3 is 11.9 Å². The minimum Gasteiger partial charge on any atom is -0.544 e. The van der Waals surface area contributed by atoms with Crippen molar-refractivity contribution in [3.63, 3.8) is 0 Å². The Morgan fingerprint density at radius 3 is 1.43 bits per heavy atom. The fraction of sp³-hybridized carbons (Fsp3) is 0.780. The van der Waals surface area contributed by atoms with Gasteiger partial charge in [-0.25, -0.2) is 0 Å². The summed E-state index contributed by atoms with van der Waals surface area (Å²) in [5.74, 6) is -1.74. The van der Waals surface area contributed by atoms with E-state index in [4.69, 9.17) is 14.2 Å². The molecule has 0 aromatic rings. The highest BCUT2D eigenvalue weighted by atomic mass is 16.6. The molecule has 0 aliphatic rings. The molecule has 0 rings (SSSR count). The van der Waals surface area contributed by atoms with Crippen LogP contribution in [0.1, 0.15) is 200 Å². The Balaban J connectivity index is 4.23. The first kappa shape index (κ1) is 55.3. The zero-order valence-corrected chi connectivity index (χ0v) is 38.2. The van der Waals surface area contributed by atoms with Gasteiger partial charge in [-0.3, -0.25) is 9.59 Å².